The summed E-state index contributed by atoms with van der Waals surface area (Å²) in [4.78, 5) is 1.70. The van der Waals surface area contributed by atoms with Crippen molar-refractivity contribution in [3.63, 3.8) is 0 Å². The number of rotatable bonds is 5. The van der Waals surface area contributed by atoms with E-state index < -0.39 is 23.7 Å². The lowest BCUT2D eigenvalue weighted by atomic mass is 9.90. The number of likely N-dealkylation sites (tertiary alicyclic amines) is 1. The van der Waals surface area contributed by atoms with Gasteiger partial charge in [-0.05, 0) is 52.6 Å². The average Bonchev–Trinajstić information content (AvgIpc) is 2.75. The molecule has 0 aromatic carbocycles. The maximum atomic E-state index is 12.5. The summed E-state index contributed by atoms with van der Waals surface area (Å²) in [6.07, 6.45) is -4.45. The molecule has 1 aliphatic heterocycles. The molecule has 1 N–H and O–H groups in total. The van der Waals surface area contributed by atoms with Gasteiger partial charge in [-0.2, -0.15) is 18.4 Å². The average molecular weight is 278 g/mol. The molecule has 1 aliphatic rings. The summed E-state index contributed by atoms with van der Waals surface area (Å²) in [7, 11) is 0. The molecule has 3 nitrogen and oxygen atoms in total. The lowest BCUT2D eigenvalue weighted by molar-refractivity contribution is -0.219. The van der Waals surface area contributed by atoms with Crippen LogP contribution in [0.25, 0.3) is 0 Å². The Morgan fingerprint density at radius 2 is 2.05 bits per heavy atom. The number of alkyl halides is 3. The van der Waals surface area contributed by atoms with E-state index in [4.69, 9.17) is 5.26 Å². The van der Waals surface area contributed by atoms with Crippen LogP contribution < -0.4 is 0 Å². The second kappa shape index (κ2) is 6.10. The summed E-state index contributed by atoms with van der Waals surface area (Å²) in [5.74, 6) is 0. The molecule has 0 saturated carbocycles. The first-order valence-corrected chi connectivity index (χ1v) is 6.57. The molecule has 2 atom stereocenters. The monoisotopic (exact) mass is 278 g/mol. The Bertz CT molecular complexity index is 336. The van der Waals surface area contributed by atoms with Crippen molar-refractivity contribution in [3.8, 4) is 6.07 Å². The van der Waals surface area contributed by atoms with Crippen molar-refractivity contribution >= 4 is 0 Å². The summed E-state index contributed by atoms with van der Waals surface area (Å²) in [6.45, 7) is 4.73. The molecule has 1 saturated heterocycles. The number of nitriles is 1. The predicted molar refractivity (Wildman–Crippen MR) is 65.3 cm³/mol. The van der Waals surface area contributed by atoms with Crippen molar-refractivity contribution in [2.45, 2.75) is 57.9 Å². The molecule has 0 aromatic heterocycles. The maximum absolute atomic E-state index is 12.5. The molecule has 1 heterocycles. The molecule has 0 spiro atoms. The highest BCUT2D eigenvalue weighted by atomic mass is 19.4. The van der Waals surface area contributed by atoms with Crippen molar-refractivity contribution < 1.29 is 18.3 Å². The Balaban J connectivity index is 2.48. The van der Waals surface area contributed by atoms with Crippen molar-refractivity contribution in [1.82, 2.24) is 4.90 Å². The zero-order valence-corrected chi connectivity index (χ0v) is 11.4. The molecule has 0 amide bonds. The van der Waals surface area contributed by atoms with E-state index in [1.54, 1.807) is 4.90 Å². The summed E-state index contributed by atoms with van der Waals surface area (Å²) < 4.78 is 37.6. The number of nitrogens with zero attached hydrogens (tertiary/aromatic N) is 2. The molecule has 19 heavy (non-hydrogen) atoms. The lowest BCUT2D eigenvalue weighted by Crippen LogP contribution is -2.47. The van der Waals surface area contributed by atoms with Gasteiger partial charge in [-0.3, -0.25) is 4.90 Å². The minimum Gasteiger partial charge on any atom is -0.382 e. The fourth-order valence-corrected chi connectivity index (χ4v) is 2.49. The van der Waals surface area contributed by atoms with Gasteiger partial charge in [0.05, 0.1) is 11.5 Å². The SMILES string of the molecule is CC(C)(C#N)CCCN1CCC[C@H]1[C@H](O)C(F)(F)F. The third-order valence-corrected chi connectivity index (χ3v) is 3.66. The summed E-state index contributed by atoms with van der Waals surface area (Å²) >= 11 is 0. The second-order valence-electron chi connectivity index (χ2n) is 5.83. The zero-order chi connectivity index (χ0) is 14.7. The van der Waals surface area contributed by atoms with Crippen LogP contribution in [0.2, 0.25) is 0 Å². The van der Waals surface area contributed by atoms with Crippen LogP contribution >= 0.6 is 0 Å². The van der Waals surface area contributed by atoms with Crippen molar-refractivity contribution in [2.75, 3.05) is 13.1 Å². The third kappa shape index (κ3) is 4.66. The maximum Gasteiger partial charge on any atom is 0.415 e. The van der Waals surface area contributed by atoms with E-state index in [1.165, 1.54) is 0 Å². The van der Waals surface area contributed by atoms with Gasteiger partial charge in [0.2, 0.25) is 0 Å². The van der Waals surface area contributed by atoms with Crippen LogP contribution in [0, 0.1) is 16.7 Å². The topological polar surface area (TPSA) is 47.3 Å². The van der Waals surface area contributed by atoms with Crippen molar-refractivity contribution in [1.29, 1.82) is 5.26 Å². The molecule has 6 heteroatoms. The Hall–Kier alpha value is -0.800. The minimum absolute atomic E-state index is 0.377. The van der Waals surface area contributed by atoms with Gasteiger partial charge in [-0.25, -0.2) is 0 Å². The molecule has 0 bridgehead atoms. The van der Waals surface area contributed by atoms with E-state index in [9.17, 15) is 18.3 Å². The summed E-state index contributed by atoms with van der Waals surface area (Å²) in [5.41, 5.74) is -0.447. The van der Waals surface area contributed by atoms with Crippen LogP contribution in [0.5, 0.6) is 0 Å². The molecular formula is C13H21F3N2O. The highest BCUT2D eigenvalue weighted by Crippen LogP contribution is 2.31. The number of aliphatic hydroxyl groups is 1. The van der Waals surface area contributed by atoms with Gasteiger partial charge in [0.25, 0.3) is 0 Å². The zero-order valence-electron chi connectivity index (χ0n) is 11.4. The first kappa shape index (κ1) is 16.3. The molecule has 0 aliphatic carbocycles. The normalized spacial score (nSPS) is 23.3. The van der Waals surface area contributed by atoms with Crippen LogP contribution in [-0.2, 0) is 0 Å². The van der Waals surface area contributed by atoms with Crippen molar-refractivity contribution in [2.24, 2.45) is 5.41 Å². The molecule has 1 fully saturated rings. The van der Waals surface area contributed by atoms with E-state index in [0.29, 0.717) is 38.8 Å². The Morgan fingerprint density at radius 1 is 1.42 bits per heavy atom. The number of hydrogen-bond acceptors (Lipinski definition) is 3. The van der Waals surface area contributed by atoms with E-state index in [1.807, 2.05) is 13.8 Å². The van der Waals surface area contributed by atoms with E-state index in [2.05, 4.69) is 6.07 Å². The molecule has 0 unspecified atom stereocenters. The number of hydrogen-bond donors (Lipinski definition) is 1. The van der Waals surface area contributed by atoms with Gasteiger partial charge in [0.1, 0.15) is 0 Å². The van der Waals surface area contributed by atoms with Gasteiger partial charge in [-0.15, -0.1) is 0 Å². The smallest absolute Gasteiger partial charge is 0.382 e. The number of halogens is 3. The third-order valence-electron chi connectivity index (χ3n) is 3.66. The molecule has 1 rings (SSSR count). The summed E-state index contributed by atoms with van der Waals surface area (Å²) in [5, 5.41) is 18.2. The molecular weight excluding hydrogens is 257 g/mol. The fourth-order valence-electron chi connectivity index (χ4n) is 2.49. The van der Waals surface area contributed by atoms with Gasteiger partial charge >= 0.3 is 6.18 Å². The Labute approximate surface area is 112 Å². The van der Waals surface area contributed by atoms with Crippen LogP contribution in [0.4, 0.5) is 13.2 Å². The van der Waals surface area contributed by atoms with E-state index in [0.717, 1.165) is 0 Å². The van der Waals surface area contributed by atoms with Gasteiger partial charge < -0.3 is 5.11 Å². The molecule has 0 radical (unpaired) electrons. The first-order chi connectivity index (χ1) is 8.67. The fraction of sp³-hybridized carbons (Fsp3) is 0.923. The van der Waals surface area contributed by atoms with Crippen LogP contribution in [0.3, 0.4) is 0 Å². The second-order valence-corrected chi connectivity index (χ2v) is 5.83. The first-order valence-electron chi connectivity index (χ1n) is 6.57. The number of aliphatic hydroxyl groups excluding tert-OH is 1. The van der Waals surface area contributed by atoms with Gasteiger partial charge in [0.15, 0.2) is 6.10 Å². The highest BCUT2D eigenvalue weighted by Gasteiger charge is 2.46. The minimum atomic E-state index is -4.56. The standard InChI is InChI=1S/C13H21F3N2O/c1-12(2,9-17)6-4-8-18-7-3-5-10(18)11(19)13(14,15)16/h10-11,19H,3-8H2,1-2H3/t10-,11-/m0/s1. The predicted octanol–water partition coefficient (Wildman–Crippen LogP) is 2.70. The largest absolute Gasteiger partial charge is 0.415 e. The van der Waals surface area contributed by atoms with Gasteiger partial charge in [0, 0.05) is 6.04 Å². The molecule has 0 aromatic rings. The van der Waals surface area contributed by atoms with E-state index in [-0.39, 0.29) is 0 Å². The lowest BCUT2D eigenvalue weighted by Gasteiger charge is -2.30. The Kier molecular flexibility index (Phi) is 5.22. The van der Waals surface area contributed by atoms with Crippen molar-refractivity contribution in [3.05, 3.63) is 0 Å². The van der Waals surface area contributed by atoms with E-state index >= 15 is 0 Å². The quantitative estimate of drug-likeness (QED) is 0.841. The van der Waals surface area contributed by atoms with Crippen LogP contribution in [0.1, 0.15) is 39.5 Å². The van der Waals surface area contributed by atoms with Crippen LogP contribution in [0.15, 0.2) is 0 Å². The highest BCUT2D eigenvalue weighted by molar-refractivity contribution is 4.92. The Morgan fingerprint density at radius 3 is 2.58 bits per heavy atom. The van der Waals surface area contributed by atoms with Gasteiger partial charge in [-0.1, -0.05) is 0 Å². The summed E-state index contributed by atoms with van der Waals surface area (Å²) in [6, 6.07) is 1.35. The molecule has 110 valence electrons. The van der Waals surface area contributed by atoms with Crippen LogP contribution in [-0.4, -0.2) is 41.4 Å².